The largest absolute Gasteiger partial charge is 0.435 e. The van der Waals surface area contributed by atoms with Crippen LogP contribution in [0.2, 0.25) is 0 Å². The van der Waals surface area contributed by atoms with Crippen LogP contribution in [0.15, 0.2) is 69.8 Å². The number of hydrogen-bond donors (Lipinski definition) is 0. The molecule has 0 unspecified atom stereocenters. The summed E-state index contributed by atoms with van der Waals surface area (Å²) in [5.74, 6) is 0.876. The third-order valence-corrected chi connectivity index (χ3v) is 3.68. The van der Waals surface area contributed by atoms with E-state index in [-0.39, 0.29) is 0 Å². The first kappa shape index (κ1) is 13.0. The Morgan fingerprint density at radius 2 is 1.04 bits per heavy atom. The average Bonchev–Trinajstić information content (AvgIpc) is 3.25. The molecule has 0 saturated carbocycles. The van der Waals surface area contributed by atoms with Crippen molar-refractivity contribution in [3.63, 3.8) is 0 Å². The summed E-state index contributed by atoms with van der Waals surface area (Å²) in [6, 6.07) is 15.1. The van der Waals surface area contributed by atoms with Gasteiger partial charge in [0, 0.05) is 0 Å². The zero-order valence-electron chi connectivity index (χ0n) is 12.4. The standard InChI is InChI=1S/C18H10N4O2/c1-3-7-15-11(5-1)21-17(23-15)13-9-20-14(10-19-13)18-22-12-6-2-4-8-16(12)24-18/h1-10H. The predicted molar refractivity (Wildman–Crippen MR) is 88.0 cm³/mol. The molecule has 0 N–H and O–H groups in total. The van der Waals surface area contributed by atoms with Crippen LogP contribution in [-0.4, -0.2) is 19.9 Å². The van der Waals surface area contributed by atoms with Crippen molar-refractivity contribution in [2.75, 3.05) is 0 Å². The van der Waals surface area contributed by atoms with E-state index in [4.69, 9.17) is 8.83 Å². The van der Waals surface area contributed by atoms with E-state index < -0.39 is 0 Å². The van der Waals surface area contributed by atoms with Crippen molar-refractivity contribution in [3.05, 3.63) is 60.9 Å². The van der Waals surface area contributed by atoms with Gasteiger partial charge in [0.15, 0.2) is 11.2 Å². The number of rotatable bonds is 2. The van der Waals surface area contributed by atoms with Gasteiger partial charge in [0.1, 0.15) is 22.4 Å². The highest BCUT2D eigenvalue weighted by molar-refractivity contribution is 5.76. The third kappa shape index (κ3) is 2.04. The molecule has 0 aliphatic heterocycles. The lowest BCUT2D eigenvalue weighted by atomic mass is 10.3. The molecular formula is C18H10N4O2. The molecule has 0 atom stereocenters. The summed E-state index contributed by atoms with van der Waals surface area (Å²) < 4.78 is 11.4. The zero-order chi connectivity index (χ0) is 15.9. The van der Waals surface area contributed by atoms with Crippen LogP contribution in [0.25, 0.3) is 45.4 Å². The summed E-state index contributed by atoms with van der Waals surface area (Å²) in [5, 5.41) is 0. The van der Waals surface area contributed by atoms with Gasteiger partial charge < -0.3 is 8.83 Å². The van der Waals surface area contributed by atoms with Gasteiger partial charge in [-0.05, 0) is 24.3 Å². The van der Waals surface area contributed by atoms with Crippen molar-refractivity contribution >= 4 is 22.2 Å². The Hall–Kier alpha value is -3.54. The van der Waals surface area contributed by atoms with Gasteiger partial charge >= 0.3 is 0 Å². The summed E-state index contributed by atoms with van der Waals surface area (Å²) in [4.78, 5) is 17.6. The molecule has 0 saturated heterocycles. The van der Waals surface area contributed by atoms with Crippen LogP contribution in [-0.2, 0) is 0 Å². The van der Waals surface area contributed by atoms with Gasteiger partial charge in [0.2, 0.25) is 11.8 Å². The second-order valence-electron chi connectivity index (χ2n) is 5.26. The summed E-state index contributed by atoms with van der Waals surface area (Å²) in [5.41, 5.74) is 4.14. The SMILES string of the molecule is c1ccc2oc(-c3cnc(-c4nc5ccccc5o4)cn3)nc2c1. The van der Waals surface area contributed by atoms with Crippen LogP contribution in [0.5, 0.6) is 0 Å². The number of fused-ring (bicyclic) bond motifs is 2. The van der Waals surface area contributed by atoms with Gasteiger partial charge in [-0.25, -0.2) is 19.9 Å². The van der Waals surface area contributed by atoms with E-state index >= 15 is 0 Å². The zero-order valence-corrected chi connectivity index (χ0v) is 12.4. The topological polar surface area (TPSA) is 77.8 Å². The molecule has 3 heterocycles. The molecule has 0 spiro atoms. The maximum atomic E-state index is 5.70. The van der Waals surface area contributed by atoms with Gasteiger partial charge in [-0.3, -0.25) is 0 Å². The second kappa shape index (κ2) is 4.99. The molecule has 24 heavy (non-hydrogen) atoms. The first-order valence-corrected chi connectivity index (χ1v) is 7.41. The lowest BCUT2D eigenvalue weighted by Crippen LogP contribution is -1.89. The van der Waals surface area contributed by atoms with E-state index in [0.29, 0.717) is 23.2 Å². The van der Waals surface area contributed by atoms with Gasteiger partial charge in [0.05, 0.1) is 12.4 Å². The highest BCUT2D eigenvalue weighted by atomic mass is 16.4. The molecule has 0 aliphatic rings. The smallest absolute Gasteiger partial charge is 0.247 e. The van der Waals surface area contributed by atoms with Crippen LogP contribution < -0.4 is 0 Å². The van der Waals surface area contributed by atoms with Gasteiger partial charge in [0.25, 0.3) is 0 Å². The Balaban J connectivity index is 1.54. The quantitative estimate of drug-likeness (QED) is 0.488. The van der Waals surface area contributed by atoms with E-state index in [2.05, 4.69) is 19.9 Å². The molecule has 5 aromatic rings. The fraction of sp³-hybridized carbons (Fsp3) is 0. The number of oxazole rings is 2. The van der Waals surface area contributed by atoms with Crippen molar-refractivity contribution in [1.82, 2.24) is 19.9 Å². The fourth-order valence-corrected chi connectivity index (χ4v) is 2.51. The molecule has 114 valence electrons. The Morgan fingerprint density at radius 1 is 0.583 bits per heavy atom. The highest BCUT2D eigenvalue weighted by Gasteiger charge is 2.13. The monoisotopic (exact) mass is 314 g/mol. The lowest BCUT2D eigenvalue weighted by Gasteiger charge is -1.96. The second-order valence-corrected chi connectivity index (χ2v) is 5.26. The van der Waals surface area contributed by atoms with Crippen LogP contribution in [0, 0.1) is 0 Å². The summed E-state index contributed by atoms with van der Waals surface area (Å²) in [6.07, 6.45) is 3.21. The summed E-state index contributed by atoms with van der Waals surface area (Å²) in [7, 11) is 0. The molecular weight excluding hydrogens is 304 g/mol. The molecule has 0 bridgehead atoms. The van der Waals surface area contributed by atoms with Crippen molar-refractivity contribution in [1.29, 1.82) is 0 Å². The van der Waals surface area contributed by atoms with Crippen LogP contribution in [0.3, 0.4) is 0 Å². The van der Waals surface area contributed by atoms with Crippen molar-refractivity contribution in [2.24, 2.45) is 0 Å². The summed E-state index contributed by atoms with van der Waals surface area (Å²) >= 11 is 0. The van der Waals surface area contributed by atoms with E-state index in [9.17, 15) is 0 Å². The normalized spacial score (nSPS) is 11.3. The number of aromatic nitrogens is 4. The molecule has 3 aromatic heterocycles. The van der Waals surface area contributed by atoms with Crippen molar-refractivity contribution in [3.8, 4) is 23.2 Å². The van der Waals surface area contributed by atoms with Gasteiger partial charge in [-0.1, -0.05) is 24.3 Å². The number of hydrogen-bond acceptors (Lipinski definition) is 6. The third-order valence-electron chi connectivity index (χ3n) is 3.68. The maximum Gasteiger partial charge on any atom is 0.247 e. The molecule has 0 aliphatic carbocycles. The highest BCUT2D eigenvalue weighted by Crippen LogP contribution is 2.25. The van der Waals surface area contributed by atoms with Crippen LogP contribution >= 0.6 is 0 Å². The average molecular weight is 314 g/mol. The van der Waals surface area contributed by atoms with E-state index in [1.54, 1.807) is 12.4 Å². The maximum absolute atomic E-state index is 5.70. The lowest BCUT2D eigenvalue weighted by molar-refractivity contribution is 0.612. The Kier molecular flexibility index (Phi) is 2.69. The molecule has 5 rings (SSSR count). The summed E-state index contributed by atoms with van der Waals surface area (Å²) in [6.45, 7) is 0. The molecule has 0 amide bonds. The van der Waals surface area contributed by atoms with E-state index in [1.807, 2.05) is 48.5 Å². The van der Waals surface area contributed by atoms with E-state index in [0.717, 1.165) is 22.2 Å². The molecule has 6 nitrogen and oxygen atoms in total. The number of benzene rings is 2. The molecule has 6 heteroatoms. The Bertz CT molecular complexity index is 1000. The Labute approximate surface area is 135 Å². The van der Waals surface area contributed by atoms with Gasteiger partial charge in [-0.2, -0.15) is 0 Å². The van der Waals surface area contributed by atoms with E-state index in [1.165, 1.54) is 0 Å². The molecule has 2 aromatic carbocycles. The van der Waals surface area contributed by atoms with Crippen LogP contribution in [0.4, 0.5) is 0 Å². The number of para-hydroxylation sites is 4. The first-order valence-electron chi connectivity index (χ1n) is 7.41. The fourth-order valence-electron chi connectivity index (χ4n) is 2.51. The first-order chi connectivity index (χ1) is 11.9. The van der Waals surface area contributed by atoms with Crippen molar-refractivity contribution in [2.45, 2.75) is 0 Å². The molecule has 0 radical (unpaired) electrons. The Morgan fingerprint density at radius 3 is 1.46 bits per heavy atom. The minimum absolute atomic E-state index is 0.438. The predicted octanol–water partition coefficient (Wildman–Crippen LogP) is 4.09. The minimum Gasteiger partial charge on any atom is -0.435 e. The minimum atomic E-state index is 0.438. The number of nitrogens with zero attached hydrogens (tertiary/aromatic N) is 4. The molecule has 0 fully saturated rings. The van der Waals surface area contributed by atoms with Crippen LogP contribution in [0.1, 0.15) is 0 Å². The van der Waals surface area contributed by atoms with Gasteiger partial charge in [-0.15, -0.1) is 0 Å². The van der Waals surface area contributed by atoms with Crippen molar-refractivity contribution < 1.29 is 8.83 Å².